The Morgan fingerprint density at radius 2 is 1.96 bits per heavy atom. The van der Waals surface area contributed by atoms with Gasteiger partial charge < -0.3 is 9.73 Å². The fourth-order valence-corrected chi connectivity index (χ4v) is 2.71. The zero-order valence-corrected chi connectivity index (χ0v) is 13.4. The highest BCUT2D eigenvalue weighted by Crippen LogP contribution is 2.21. The minimum Gasteiger partial charge on any atom is -0.464 e. The highest BCUT2D eigenvalue weighted by molar-refractivity contribution is 5.87. The minimum absolute atomic E-state index is 0.0353. The number of benzene rings is 2. The molecule has 2 aromatic heterocycles. The van der Waals surface area contributed by atoms with Gasteiger partial charge in [0.25, 0.3) is 0 Å². The molecule has 25 heavy (non-hydrogen) atoms. The molecule has 1 N–H and O–H groups in total. The summed E-state index contributed by atoms with van der Waals surface area (Å²) in [4.78, 5) is 16.1. The van der Waals surface area contributed by atoms with Crippen LogP contribution in [0.2, 0.25) is 0 Å². The van der Waals surface area contributed by atoms with Gasteiger partial charge in [-0.25, -0.2) is 9.67 Å². The van der Waals surface area contributed by atoms with E-state index < -0.39 is 0 Å². The summed E-state index contributed by atoms with van der Waals surface area (Å²) in [7, 11) is 0. The smallest absolute Gasteiger partial charge is 0.224 e. The topological polar surface area (TPSA) is 73.0 Å². The number of para-hydroxylation sites is 1. The maximum atomic E-state index is 12.2. The van der Waals surface area contributed by atoms with Crippen LogP contribution in [0.4, 0.5) is 0 Å². The maximum absolute atomic E-state index is 12.2. The minimum atomic E-state index is -0.0353. The Hall–Kier alpha value is -3.41. The van der Waals surface area contributed by atoms with Crippen molar-refractivity contribution >= 4 is 16.9 Å². The molecule has 0 aliphatic rings. The number of furan rings is 1. The predicted molar refractivity (Wildman–Crippen MR) is 93.1 cm³/mol. The third-order valence-electron chi connectivity index (χ3n) is 4.02. The number of carbonyl (C=O) groups is 1. The van der Waals surface area contributed by atoms with Crippen molar-refractivity contribution in [2.75, 3.05) is 0 Å². The zero-order valence-electron chi connectivity index (χ0n) is 13.4. The van der Waals surface area contributed by atoms with Crippen LogP contribution in [0.15, 0.2) is 71.9 Å². The van der Waals surface area contributed by atoms with E-state index in [1.54, 1.807) is 17.3 Å². The average molecular weight is 332 g/mol. The number of aromatic nitrogens is 3. The molecule has 0 unspecified atom stereocenters. The lowest BCUT2D eigenvalue weighted by atomic mass is 10.1. The standard InChI is InChI=1S/C19H16N4O2/c24-19(9-15-11-25-18-4-2-1-3-17(15)18)21-10-14-5-7-16(8-6-14)23-13-20-12-22-23/h1-8,11-13H,9-10H2,(H,21,24). The van der Waals surface area contributed by atoms with Crippen molar-refractivity contribution in [1.29, 1.82) is 0 Å². The van der Waals surface area contributed by atoms with Crippen LogP contribution in [0.3, 0.4) is 0 Å². The fourth-order valence-electron chi connectivity index (χ4n) is 2.71. The lowest BCUT2D eigenvalue weighted by molar-refractivity contribution is -0.120. The molecule has 2 heterocycles. The molecule has 0 radical (unpaired) electrons. The molecular formula is C19H16N4O2. The van der Waals surface area contributed by atoms with Crippen molar-refractivity contribution in [3.63, 3.8) is 0 Å². The normalized spacial score (nSPS) is 10.9. The van der Waals surface area contributed by atoms with E-state index in [0.29, 0.717) is 13.0 Å². The molecule has 4 aromatic rings. The van der Waals surface area contributed by atoms with E-state index >= 15 is 0 Å². The Balaban J connectivity index is 1.37. The SMILES string of the molecule is O=C(Cc1coc2ccccc12)NCc1ccc(-n2cncn2)cc1. The van der Waals surface area contributed by atoms with Crippen molar-refractivity contribution in [3.8, 4) is 5.69 Å². The molecule has 1 amide bonds. The second kappa shape index (κ2) is 6.60. The fraction of sp³-hybridized carbons (Fsp3) is 0.105. The maximum Gasteiger partial charge on any atom is 0.224 e. The molecule has 0 saturated carbocycles. The molecule has 0 aliphatic heterocycles. The van der Waals surface area contributed by atoms with Crippen molar-refractivity contribution in [1.82, 2.24) is 20.1 Å². The first-order valence-electron chi connectivity index (χ1n) is 7.95. The summed E-state index contributed by atoms with van der Waals surface area (Å²) >= 11 is 0. The number of fused-ring (bicyclic) bond motifs is 1. The second-order valence-electron chi connectivity index (χ2n) is 5.72. The van der Waals surface area contributed by atoms with E-state index in [9.17, 15) is 4.79 Å². The summed E-state index contributed by atoms with van der Waals surface area (Å²) in [5.41, 5.74) is 3.65. The quantitative estimate of drug-likeness (QED) is 0.610. The number of hydrogen-bond donors (Lipinski definition) is 1. The number of amides is 1. The molecule has 0 saturated heterocycles. The molecule has 6 heteroatoms. The van der Waals surface area contributed by atoms with Gasteiger partial charge >= 0.3 is 0 Å². The third-order valence-corrected chi connectivity index (χ3v) is 4.02. The van der Waals surface area contributed by atoms with Crippen molar-refractivity contribution in [2.45, 2.75) is 13.0 Å². The largest absolute Gasteiger partial charge is 0.464 e. The van der Waals surface area contributed by atoms with Crippen molar-refractivity contribution < 1.29 is 9.21 Å². The summed E-state index contributed by atoms with van der Waals surface area (Å²) in [6.45, 7) is 0.478. The molecule has 4 rings (SSSR count). The van der Waals surface area contributed by atoms with Crippen LogP contribution < -0.4 is 5.32 Å². The molecule has 0 aliphatic carbocycles. The number of nitrogens with zero attached hydrogens (tertiary/aromatic N) is 3. The summed E-state index contributed by atoms with van der Waals surface area (Å²) < 4.78 is 7.15. The van der Waals surface area contributed by atoms with E-state index in [1.165, 1.54) is 6.33 Å². The van der Waals surface area contributed by atoms with Crippen LogP contribution >= 0.6 is 0 Å². The first-order valence-corrected chi connectivity index (χ1v) is 7.95. The monoisotopic (exact) mass is 332 g/mol. The van der Waals surface area contributed by atoms with Crippen LogP contribution in [0.5, 0.6) is 0 Å². The number of nitrogens with one attached hydrogen (secondary N) is 1. The lowest BCUT2D eigenvalue weighted by Gasteiger charge is -2.06. The Morgan fingerprint density at radius 1 is 1.12 bits per heavy atom. The van der Waals surface area contributed by atoms with Crippen LogP contribution in [-0.2, 0) is 17.8 Å². The van der Waals surface area contributed by atoms with Crippen molar-refractivity contribution in [2.24, 2.45) is 0 Å². The van der Waals surface area contributed by atoms with Gasteiger partial charge in [0, 0.05) is 17.5 Å². The van der Waals surface area contributed by atoms with Gasteiger partial charge in [-0.3, -0.25) is 4.79 Å². The Labute approximate surface area is 144 Å². The highest BCUT2D eigenvalue weighted by atomic mass is 16.3. The van der Waals surface area contributed by atoms with Gasteiger partial charge in [0.15, 0.2) is 0 Å². The molecule has 2 aromatic carbocycles. The Kier molecular flexibility index (Phi) is 4.00. The van der Waals surface area contributed by atoms with Gasteiger partial charge in [-0.1, -0.05) is 30.3 Å². The first kappa shape index (κ1) is 15.1. The van der Waals surface area contributed by atoms with Gasteiger partial charge in [0.05, 0.1) is 18.4 Å². The summed E-state index contributed by atoms with van der Waals surface area (Å²) in [5, 5.41) is 8.01. The van der Waals surface area contributed by atoms with Crippen LogP contribution in [0.1, 0.15) is 11.1 Å². The third kappa shape index (κ3) is 3.28. The molecule has 0 bridgehead atoms. The van der Waals surface area contributed by atoms with Crippen LogP contribution in [-0.4, -0.2) is 20.7 Å². The predicted octanol–water partition coefficient (Wildman–Crippen LogP) is 2.87. The van der Waals surface area contributed by atoms with E-state index in [1.807, 2.05) is 48.5 Å². The Bertz CT molecular complexity index is 988. The second-order valence-corrected chi connectivity index (χ2v) is 5.72. The molecule has 0 fully saturated rings. The summed E-state index contributed by atoms with van der Waals surface area (Å²) in [6, 6.07) is 15.5. The van der Waals surface area contributed by atoms with Gasteiger partial charge in [0.2, 0.25) is 5.91 Å². The highest BCUT2D eigenvalue weighted by Gasteiger charge is 2.10. The van der Waals surface area contributed by atoms with Gasteiger partial charge in [-0.15, -0.1) is 0 Å². The number of carbonyl (C=O) groups excluding carboxylic acids is 1. The zero-order chi connectivity index (χ0) is 17.1. The van der Waals surface area contributed by atoms with E-state index in [0.717, 1.165) is 27.8 Å². The van der Waals surface area contributed by atoms with Crippen molar-refractivity contribution in [3.05, 3.63) is 78.6 Å². The van der Waals surface area contributed by atoms with Gasteiger partial charge in [-0.05, 0) is 23.8 Å². The number of hydrogen-bond acceptors (Lipinski definition) is 4. The average Bonchev–Trinajstić information content (AvgIpc) is 3.31. The van der Waals surface area contributed by atoms with E-state index in [4.69, 9.17) is 4.42 Å². The molecule has 0 spiro atoms. The van der Waals surface area contributed by atoms with Crippen LogP contribution in [0.25, 0.3) is 16.7 Å². The molecular weight excluding hydrogens is 316 g/mol. The lowest BCUT2D eigenvalue weighted by Crippen LogP contribution is -2.24. The Morgan fingerprint density at radius 3 is 2.76 bits per heavy atom. The van der Waals surface area contributed by atoms with E-state index in [-0.39, 0.29) is 5.91 Å². The molecule has 0 atom stereocenters. The number of rotatable bonds is 5. The first-order chi connectivity index (χ1) is 12.3. The van der Waals surface area contributed by atoms with E-state index in [2.05, 4.69) is 15.4 Å². The molecule has 124 valence electrons. The van der Waals surface area contributed by atoms with Crippen LogP contribution in [0, 0.1) is 0 Å². The summed E-state index contributed by atoms with van der Waals surface area (Å²) in [5.74, 6) is -0.0353. The summed E-state index contributed by atoms with van der Waals surface area (Å²) in [6.07, 6.45) is 5.09. The molecule has 6 nitrogen and oxygen atoms in total. The van der Waals surface area contributed by atoms with Gasteiger partial charge in [-0.2, -0.15) is 5.10 Å². The van der Waals surface area contributed by atoms with Gasteiger partial charge in [0.1, 0.15) is 18.2 Å².